The van der Waals surface area contributed by atoms with Crippen molar-refractivity contribution in [3.8, 4) is 11.3 Å². The van der Waals surface area contributed by atoms with Gasteiger partial charge in [-0.05, 0) is 12.1 Å². The predicted octanol–water partition coefficient (Wildman–Crippen LogP) is 1.86. The molecule has 9 heteroatoms. The molecule has 0 bridgehead atoms. The number of aryl methyl sites for hydroxylation is 1. The van der Waals surface area contributed by atoms with E-state index < -0.39 is 6.09 Å². The molecule has 0 radical (unpaired) electrons. The monoisotopic (exact) mass is 371 g/mol. The second kappa shape index (κ2) is 6.41. The van der Waals surface area contributed by atoms with Gasteiger partial charge < -0.3 is 14.9 Å². The molecule has 3 aromatic rings. The van der Waals surface area contributed by atoms with Crippen molar-refractivity contribution in [2.75, 3.05) is 31.1 Å². The molecule has 1 saturated heterocycles. The van der Waals surface area contributed by atoms with Crippen LogP contribution in [0.3, 0.4) is 0 Å². The Balaban J connectivity index is 1.80. The molecule has 1 N–H and O–H groups in total. The first-order valence-electron chi connectivity index (χ1n) is 8.18. The van der Waals surface area contributed by atoms with E-state index in [9.17, 15) is 9.59 Å². The van der Waals surface area contributed by atoms with Gasteiger partial charge in [0.1, 0.15) is 5.69 Å². The first kappa shape index (κ1) is 16.5. The number of nitrogens with zero attached hydrogens (tertiary/aromatic N) is 5. The van der Waals surface area contributed by atoms with E-state index in [0.717, 1.165) is 21.6 Å². The maximum absolute atomic E-state index is 12.8. The number of hydrogen-bond donors (Lipinski definition) is 1. The summed E-state index contributed by atoms with van der Waals surface area (Å²) in [6.07, 6.45) is 2.50. The number of fused-ring (bicyclic) bond motifs is 1. The van der Waals surface area contributed by atoms with E-state index in [1.807, 2.05) is 17.5 Å². The second-order valence-electron chi connectivity index (χ2n) is 6.09. The summed E-state index contributed by atoms with van der Waals surface area (Å²) in [6, 6.07) is 3.74. The molecule has 4 heterocycles. The molecule has 0 spiro atoms. The van der Waals surface area contributed by atoms with Gasteiger partial charge in [-0.15, -0.1) is 11.3 Å². The summed E-state index contributed by atoms with van der Waals surface area (Å²) >= 11 is 1.49. The van der Waals surface area contributed by atoms with Gasteiger partial charge in [-0.3, -0.25) is 9.78 Å². The number of piperazine rings is 1. The average Bonchev–Trinajstić information content (AvgIpc) is 3.11. The van der Waals surface area contributed by atoms with Crippen molar-refractivity contribution in [1.82, 2.24) is 19.7 Å². The predicted molar refractivity (Wildman–Crippen MR) is 99.9 cm³/mol. The molecule has 8 nitrogen and oxygen atoms in total. The number of rotatable bonds is 2. The molecule has 0 unspecified atom stereocenters. The number of carbonyl (C=O) groups is 1. The molecule has 134 valence electrons. The van der Waals surface area contributed by atoms with Crippen LogP contribution in [0.5, 0.6) is 0 Å². The fraction of sp³-hybridized carbons (Fsp3) is 0.294. The third-order valence-corrected chi connectivity index (χ3v) is 5.56. The Labute approximate surface area is 152 Å². The lowest BCUT2D eigenvalue weighted by Gasteiger charge is -2.34. The zero-order valence-corrected chi connectivity index (χ0v) is 14.9. The quantitative estimate of drug-likeness (QED) is 0.739. The Morgan fingerprint density at radius 1 is 1.19 bits per heavy atom. The van der Waals surface area contributed by atoms with Crippen LogP contribution < -0.4 is 10.5 Å². The lowest BCUT2D eigenvalue weighted by Crippen LogP contribution is -2.48. The van der Waals surface area contributed by atoms with Gasteiger partial charge in [0, 0.05) is 56.6 Å². The van der Waals surface area contributed by atoms with Crippen molar-refractivity contribution >= 4 is 33.2 Å². The molecule has 0 saturated carbocycles. The summed E-state index contributed by atoms with van der Waals surface area (Å²) in [5.41, 5.74) is 2.37. The number of hydrogen-bond acceptors (Lipinski definition) is 6. The molecular weight excluding hydrogens is 354 g/mol. The van der Waals surface area contributed by atoms with E-state index in [-0.39, 0.29) is 5.56 Å². The van der Waals surface area contributed by atoms with Crippen molar-refractivity contribution in [2.24, 2.45) is 7.05 Å². The summed E-state index contributed by atoms with van der Waals surface area (Å²) in [5.74, 6) is 0. The molecule has 1 amide bonds. The standard InChI is InChI=1S/C17H17N5O3S/c1-20-16(23)13-12(21-6-8-22(9-7-21)17(24)25)10-26-15(13)14(19-20)11-2-4-18-5-3-11/h2-5,10H,6-9H2,1H3,(H,24,25). The Hall–Kier alpha value is -2.94. The first-order chi connectivity index (χ1) is 12.6. The van der Waals surface area contributed by atoms with Crippen LogP contribution in [-0.4, -0.2) is 57.0 Å². The van der Waals surface area contributed by atoms with Crippen LogP contribution in [0.4, 0.5) is 10.5 Å². The van der Waals surface area contributed by atoms with Crippen LogP contribution in [0.15, 0.2) is 34.7 Å². The highest BCUT2D eigenvalue weighted by atomic mass is 32.1. The van der Waals surface area contributed by atoms with Gasteiger partial charge in [0.15, 0.2) is 0 Å². The van der Waals surface area contributed by atoms with Crippen LogP contribution in [0.1, 0.15) is 0 Å². The van der Waals surface area contributed by atoms with Crippen LogP contribution >= 0.6 is 11.3 Å². The Morgan fingerprint density at radius 2 is 1.88 bits per heavy atom. The maximum Gasteiger partial charge on any atom is 0.407 e. The molecule has 1 fully saturated rings. The molecular formula is C17H17N5O3S. The molecule has 4 rings (SSSR count). The minimum atomic E-state index is -0.903. The van der Waals surface area contributed by atoms with Gasteiger partial charge in [-0.1, -0.05) is 0 Å². The molecule has 1 aliphatic heterocycles. The average molecular weight is 371 g/mol. The molecule has 0 aromatic carbocycles. The molecule has 0 aliphatic carbocycles. The summed E-state index contributed by atoms with van der Waals surface area (Å²) in [4.78, 5) is 31.4. The van der Waals surface area contributed by atoms with Crippen LogP contribution in [-0.2, 0) is 7.05 Å². The zero-order valence-electron chi connectivity index (χ0n) is 14.1. The van der Waals surface area contributed by atoms with Gasteiger partial charge in [0.25, 0.3) is 5.56 Å². The third kappa shape index (κ3) is 2.70. The summed E-state index contributed by atoms with van der Waals surface area (Å²) in [7, 11) is 1.65. The van der Waals surface area contributed by atoms with Crippen molar-refractivity contribution < 1.29 is 9.90 Å². The van der Waals surface area contributed by atoms with Crippen molar-refractivity contribution in [3.63, 3.8) is 0 Å². The highest BCUT2D eigenvalue weighted by molar-refractivity contribution is 7.18. The van der Waals surface area contributed by atoms with Gasteiger partial charge >= 0.3 is 6.09 Å². The second-order valence-corrected chi connectivity index (χ2v) is 6.97. The minimum Gasteiger partial charge on any atom is -0.465 e. The van der Waals surface area contributed by atoms with E-state index >= 15 is 0 Å². The fourth-order valence-corrected chi connectivity index (χ4v) is 4.28. The van der Waals surface area contributed by atoms with E-state index in [4.69, 9.17) is 5.11 Å². The summed E-state index contributed by atoms with van der Waals surface area (Å²) in [5, 5.41) is 16.2. The van der Waals surface area contributed by atoms with Crippen LogP contribution in [0.2, 0.25) is 0 Å². The van der Waals surface area contributed by atoms with Crippen LogP contribution in [0.25, 0.3) is 21.3 Å². The smallest absolute Gasteiger partial charge is 0.407 e. The zero-order chi connectivity index (χ0) is 18.3. The molecule has 1 aliphatic rings. The Bertz CT molecular complexity index is 1020. The number of amides is 1. The molecule has 26 heavy (non-hydrogen) atoms. The highest BCUT2D eigenvalue weighted by Crippen LogP contribution is 2.36. The van der Waals surface area contributed by atoms with E-state index in [1.54, 1.807) is 19.4 Å². The summed E-state index contributed by atoms with van der Waals surface area (Å²) < 4.78 is 2.21. The van der Waals surface area contributed by atoms with Crippen molar-refractivity contribution in [2.45, 2.75) is 0 Å². The lowest BCUT2D eigenvalue weighted by atomic mass is 10.1. The SMILES string of the molecule is Cn1nc(-c2ccncc2)c2scc(N3CCN(C(=O)O)CC3)c2c1=O. The maximum atomic E-state index is 12.8. The first-order valence-corrected chi connectivity index (χ1v) is 9.06. The van der Waals surface area contributed by atoms with Gasteiger partial charge in [-0.25, -0.2) is 9.48 Å². The third-order valence-electron chi connectivity index (χ3n) is 4.59. The highest BCUT2D eigenvalue weighted by Gasteiger charge is 2.25. The van der Waals surface area contributed by atoms with E-state index in [1.165, 1.54) is 20.9 Å². The Morgan fingerprint density at radius 3 is 2.54 bits per heavy atom. The van der Waals surface area contributed by atoms with Gasteiger partial charge in [0.05, 0.1) is 15.8 Å². The molecule has 0 atom stereocenters. The normalized spacial score (nSPS) is 14.8. The van der Waals surface area contributed by atoms with Gasteiger partial charge in [-0.2, -0.15) is 5.10 Å². The Kier molecular flexibility index (Phi) is 4.08. The largest absolute Gasteiger partial charge is 0.465 e. The lowest BCUT2D eigenvalue weighted by molar-refractivity contribution is 0.142. The number of thiophene rings is 1. The number of carboxylic acid groups (broad SMARTS) is 1. The number of aromatic nitrogens is 3. The fourth-order valence-electron chi connectivity index (χ4n) is 3.20. The molecule has 3 aromatic heterocycles. The number of anilines is 1. The van der Waals surface area contributed by atoms with Crippen LogP contribution in [0, 0.1) is 0 Å². The van der Waals surface area contributed by atoms with E-state index in [2.05, 4.69) is 15.0 Å². The van der Waals surface area contributed by atoms with E-state index in [0.29, 0.717) is 31.6 Å². The topological polar surface area (TPSA) is 91.6 Å². The van der Waals surface area contributed by atoms with Crippen molar-refractivity contribution in [1.29, 1.82) is 0 Å². The van der Waals surface area contributed by atoms with Gasteiger partial charge in [0.2, 0.25) is 0 Å². The minimum absolute atomic E-state index is 0.144. The number of pyridine rings is 1. The summed E-state index contributed by atoms with van der Waals surface area (Å²) in [6.45, 7) is 1.98. The van der Waals surface area contributed by atoms with Crippen molar-refractivity contribution in [3.05, 3.63) is 40.3 Å².